The van der Waals surface area contributed by atoms with Crippen molar-refractivity contribution in [1.82, 2.24) is 0 Å². The van der Waals surface area contributed by atoms with Crippen molar-refractivity contribution >= 4 is 26.2 Å². The summed E-state index contributed by atoms with van der Waals surface area (Å²) in [7, 11) is -1.46. The summed E-state index contributed by atoms with van der Waals surface area (Å²) in [5, 5.41) is 0. The smallest absolute Gasteiger partial charge is 0.461 e. The number of aldehydes is 3. The lowest BCUT2D eigenvalue weighted by Crippen LogP contribution is -2.36. The lowest BCUT2D eigenvalue weighted by atomic mass is 10.2. The largest absolute Gasteiger partial charge is 0.870 e. The molecule has 25 heavy (non-hydrogen) atoms. The molecule has 0 spiro atoms. The van der Waals surface area contributed by atoms with Gasteiger partial charge in [0, 0.05) is 18.2 Å². The quantitative estimate of drug-likeness (QED) is 0.426. The molecule has 3 aromatic heterocycles. The molecule has 3 rings (SSSR count). The molecule has 3 heterocycles. The molecular formula is C15H9BO9. The van der Waals surface area contributed by atoms with Gasteiger partial charge in [0.05, 0.1) is 0 Å². The Labute approximate surface area is 140 Å². The highest BCUT2D eigenvalue weighted by molar-refractivity contribution is 6.39. The van der Waals surface area contributed by atoms with Crippen LogP contribution in [-0.4, -0.2) is 26.2 Å². The molecule has 0 bridgehead atoms. The van der Waals surface area contributed by atoms with Crippen LogP contribution >= 0.6 is 0 Å². The van der Waals surface area contributed by atoms with Crippen molar-refractivity contribution < 1.29 is 41.6 Å². The van der Waals surface area contributed by atoms with E-state index in [0.29, 0.717) is 18.9 Å². The van der Waals surface area contributed by atoms with Crippen LogP contribution in [0.1, 0.15) is 31.7 Å². The van der Waals surface area contributed by atoms with Gasteiger partial charge in [-0.3, -0.25) is 14.4 Å². The summed E-state index contributed by atoms with van der Waals surface area (Å²) >= 11 is 0. The molecule has 0 aliphatic heterocycles. The van der Waals surface area contributed by atoms with Crippen molar-refractivity contribution in [2.45, 2.75) is 0 Å². The molecule has 0 N–H and O–H groups in total. The van der Waals surface area contributed by atoms with Crippen LogP contribution in [0.25, 0.3) is 0 Å². The number of carbonyl (C=O) groups is 3. The first-order valence-electron chi connectivity index (χ1n) is 6.85. The highest BCUT2D eigenvalue weighted by Crippen LogP contribution is 2.22. The Morgan fingerprint density at radius 2 is 0.920 bits per heavy atom. The van der Waals surface area contributed by atoms with Gasteiger partial charge in [-0.05, 0) is 18.2 Å². The zero-order chi connectivity index (χ0) is 17.6. The van der Waals surface area contributed by atoms with Gasteiger partial charge in [0.15, 0.2) is 36.1 Å². The minimum absolute atomic E-state index is 0.0382. The molecule has 0 saturated heterocycles. The standard InChI is InChI=1S/C15H9BO9/c17-7-10-1-4-13(20-10)23-16(24-14-5-2-11(8-18)21-14)25-15-6-3-12(9-19)22-15/h1-9H. The van der Waals surface area contributed by atoms with Crippen molar-refractivity contribution in [2.24, 2.45) is 0 Å². The maximum Gasteiger partial charge on any atom is 0.870 e. The Balaban J connectivity index is 1.77. The second kappa shape index (κ2) is 7.26. The summed E-state index contributed by atoms with van der Waals surface area (Å²) in [6, 6.07) is 8.28. The van der Waals surface area contributed by atoms with Crippen molar-refractivity contribution in [3.8, 4) is 17.8 Å². The summed E-state index contributed by atoms with van der Waals surface area (Å²) in [5.41, 5.74) is 0. The fourth-order valence-electron chi connectivity index (χ4n) is 1.74. The maximum absolute atomic E-state index is 10.7. The summed E-state index contributed by atoms with van der Waals surface area (Å²) < 4.78 is 31.2. The fourth-order valence-corrected chi connectivity index (χ4v) is 1.74. The lowest BCUT2D eigenvalue weighted by molar-refractivity contribution is 0.109. The number of rotatable bonds is 9. The van der Waals surface area contributed by atoms with Crippen LogP contribution in [0.4, 0.5) is 0 Å². The molecule has 0 fully saturated rings. The van der Waals surface area contributed by atoms with E-state index in [-0.39, 0.29) is 35.1 Å². The molecule has 0 amide bonds. The van der Waals surface area contributed by atoms with E-state index in [1.54, 1.807) is 0 Å². The van der Waals surface area contributed by atoms with E-state index >= 15 is 0 Å². The molecule has 10 heteroatoms. The molecule has 0 aliphatic carbocycles. The number of hydrogen-bond acceptors (Lipinski definition) is 9. The van der Waals surface area contributed by atoms with E-state index < -0.39 is 7.32 Å². The van der Waals surface area contributed by atoms with Crippen LogP contribution in [-0.2, 0) is 0 Å². The second-order valence-corrected chi connectivity index (χ2v) is 4.47. The van der Waals surface area contributed by atoms with Gasteiger partial charge in [0.2, 0.25) is 0 Å². The molecular weight excluding hydrogens is 335 g/mol. The summed E-state index contributed by atoms with van der Waals surface area (Å²) in [6.07, 6.45) is 1.49. The first-order chi connectivity index (χ1) is 12.2. The Hall–Kier alpha value is -3.69. The molecule has 9 nitrogen and oxygen atoms in total. The second-order valence-electron chi connectivity index (χ2n) is 4.47. The zero-order valence-electron chi connectivity index (χ0n) is 12.4. The van der Waals surface area contributed by atoms with Gasteiger partial charge in [-0.1, -0.05) is 0 Å². The van der Waals surface area contributed by atoms with E-state index in [9.17, 15) is 14.4 Å². The van der Waals surface area contributed by atoms with Crippen LogP contribution in [0.2, 0.25) is 0 Å². The summed E-state index contributed by atoms with van der Waals surface area (Å²) in [4.78, 5) is 32.0. The average Bonchev–Trinajstić information content (AvgIpc) is 3.35. The van der Waals surface area contributed by atoms with E-state index in [1.165, 1.54) is 36.4 Å². The third kappa shape index (κ3) is 3.99. The van der Waals surface area contributed by atoms with Gasteiger partial charge in [0.25, 0.3) is 17.8 Å². The van der Waals surface area contributed by atoms with Crippen LogP contribution in [0.5, 0.6) is 17.8 Å². The van der Waals surface area contributed by atoms with Crippen molar-refractivity contribution in [3.63, 3.8) is 0 Å². The van der Waals surface area contributed by atoms with E-state index in [1.807, 2.05) is 0 Å². The molecule has 126 valence electrons. The van der Waals surface area contributed by atoms with Gasteiger partial charge >= 0.3 is 7.32 Å². The number of carbonyl (C=O) groups excluding carboxylic acids is 3. The molecule has 0 atom stereocenters. The monoisotopic (exact) mass is 344 g/mol. The zero-order valence-corrected chi connectivity index (χ0v) is 12.4. The van der Waals surface area contributed by atoms with E-state index in [2.05, 4.69) is 0 Å². The molecule has 0 unspecified atom stereocenters. The number of hydrogen-bond donors (Lipinski definition) is 0. The van der Waals surface area contributed by atoms with E-state index in [0.717, 1.165) is 0 Å². The van der Waals surface area contributed by atoms with Crippen LogP contribution in [0.15, 0.2) is 49.6 Å². The SMILES string of the molecule is O=Cc1ccc(OB(Oc2ccc(C=O)o2)Oc2ccc(C=O)o2)o1. The third-order valence-electron chi connectivity index (χ3n) is 2.79. The van der Waals surface area contributed by atoms with Crippen LogP contribution < -0.4 is 14.0 Å². The molecule has 0 saturated carbocycles. The average molecular weight is 344 g/mol. The van der Waals surface area contributed by atoms with Gasteiger partial charge in [-0.2, -0.15) is 0 Å². The first kappa shape index (κ1) is 16.2. The first-order valence-corrected chi connectivity index (χ1v) is 6.85. The van der Waals surface area contributed by atoms with E-state index in [4.69, 9.17) is 27.2 Å². The Kier molecular flexibility index (Phi) is 4.70. The molecule has 3 aromatic rings. The minimum Gasteiger partial charge on any atom is -0.461 e. The highest BCUT2D eigenvalue weighted by atomic mass is 16.8. The van der Waals surface area contributed by atoms with Crippen molar-refractivity contribution in [2.75, 3.05) is 0 Å². The minimum atomic E-state index is -1.46. The Morgan fingerprint density at radius 1 is 0.600 bits per heavy atom. The predicted molar refractivity (Wildman–Crippen MR) is 79.9 cm³/mol. The van der Waals surface area contributed by atoms with Crippen LogP contribution in [0.3, 0.4) is 0 Å². The Bertz CT molecular complexity index is 760. The summed E-state index contributed by atoms with van der Waals surface area (Å²) in [5.74, 6) is -0.104. The van der Waals surface area contributed by atoms with Gasteiger partial charge in [-0.15, -0.1) is 0 Å². The number of furan rings is 3. The maximum atomic E-state index is 10.7. The van der Waals surface area contributed by atoms with Gasteiger partial charge in [0.1, 0.15) is 0 Å². The predicted octanol–water partition coefficient (Wildman–Crippen LogP) is 2.42. The third-order valence-corrected chi connectivity index (χ3v) is 2.79. The molecule has 0 aliphatic rings. The normalized spacial score (nSPS) is 10.1. The van der Waals surface area contributed by atoms with Crippen molar-refractivity contribution in [3.05, 3.63) is 53.7 Å². The molecule has 0 radical (unpaired) electrons. The van der Waals surface area contributed by atoms with Gasteiger partial charge < -0.3 is 27.2 Å². The van der Waals surface area contributed by atoms with Gasteiger partial charge in [-0.25, -0.2) is 0 Å². The lowest BCUT2D eigenvalue weighted by Gasteiger charge is -2.11. The summed E-state index contributed by atoms with van der Waals surface area (Å²) in [6.45, 7) is 0. The molecule has 0 aromatic carbocycles. The van der Waals surface area contributed by atoms with Crippen LogP contribution in [0, 0.1) is 0 Å². The highest BCUT2D eigenvalue weighted by Gasteiger charge is 2.34. The topological polar surface area (TPSA) is 118 Å². The van der Waals surface area contributed by atoms with Crippen molar-refractivity contribution in [1.29, 1.82) is 0 Å². The fraction of sp³-hybridized carbons (Fsp3) is 0. The Morgan fingerprint density at radius 3 is 1.16 bits per heavy atom.